The highest BCUT2D eigenvalue weighted by Gasteiger charge is 2.13. The summed E-state index contributed by atoms with van der Waals surface area (Å²) in [7, 11) is 0. The Labute approximate surface area is 186 Å². The van der Waals surface area contributed by atoms with Gasteiger partial charge in [0.2, 0.25) is 0 Å². The molecule has 0 heterocycles. The first kappa shape index (κ1) is 21.5. The van der Waals surface area contributed by atoms with Crippen molar-refractivity contribution in [3.05, 3.63) is 86.8 Å². The van der Waals surface area contributed by atoms with Crippen molar-refractivity contribution in [2.45, 2.75) is 33.4 Å². The van der Waals surface area contributed by atoms with Gasteiger partial charge in [0.1, 0.15) is 6.61 Å². The number of benzene rings is 3. The molecule has 5 heteroatoms. The lowest BCUT2D eigenvalue weighted by molar-refractivity contribution is 0.267. The summed E-state index contributed by atoms with van der Waals surface area (Å²) in [5.41, 5.74) is 4.46. The van der Waals surface area contributed by atoms with Gasteiger partial charge >= 0.3 is 0 Å². The predicted octanol–water partition coefficient (Wildman–Crippen LogP) is 7.25. The van der Waals surface area contributed by atoms with Gasteiger partial charge in [-0.2, -0.15) is 0 Å². The molecule has 0 aliphatic carbocycles. The Kier molecular flexibility index (Phi) is 7.84. The van der Waals surface area contributed by atoms with E-state index in [1.165, 1.54) is 5.56 Å². The number of aryl methyl sites for hydroxylation is 1. The van der Waals surface area contributed by atoms with Crippen LogP contribution in [0.5, 0.6) is 11.5 Å². The van der Waals surface area contributed by atoms with Gasteiger partial charge in [0.15, 0.2) is 11.5 Å². The zero-order chi connectivity index (χ0) is 20.6. The van der Waals surface area contributed by atoms with E-state index in [2.05, 4.69) is 58.5 Å². The maximum atomic E-state index is 6.24. The fourth-order valence-electron chi connectivity index (χ4n) is 2.95. The average molecular weight is 475 g/mol. The molecule has 0 spiro atoms. The Hall–Kier alpha value is -2.17. The normalized spacial score (nSPS) is 10.6. The van der Waals surface area contributed by atoms with Crippen LogP contribution in [0.2, 0.25) is 5.02 Å². The Bertz CT molecular complexity index is 944. The summed E-state index contributed by atoms with van der Waals surface area (Å²) in [5, 5.41) is 4.15. The average Bonchev–Trinajstić information content (AvgIpc) is 2.73. The number of nitrogens with one attached hydrogen (secondary N) is 1. The lowest BCUT2D eigenvalue weighted by Crippen LogP contribution is -2.04. The molecule has 3 rings (SSSR count). The second-order valence-corrected chi connectivity index (χ2v) is 7.88. The van der Waals surface area contributed by atoms with Crippen molar-refractivity contribution >= 4 is 33.2 Å². The van der Waals surface area contributed by atoms with Crippen LogP contribution in [0.3, 0.4) is 0 Å². The van der Waals surface area contributed by atoms with Crippen molar-refractivity contribution in [3.63, 3.8) is 0 Å². The Morgan fingerprint density at radius 3 is 2.38 bits per heavy atom. The van der Waals surface area contributed by atoms with E-state index >= 15 is 0 Å². The minimum absolute atomic E-state index is 0.375. The largest absolute Gasteiger partial charge is 0.490 e. The Morgan fingerprint density at radius 2 is 1.69 bits per heavy atom. The van der Waals surface area contributed by atoms with Gasteiger partial charge in [0.25, 0.3) is 0 Å². The number of hydrogen-bond acceptors (Lipinski definition) is 3. The fraction of sp³-hybridized carbons (Fsp3) is 0.250. The molecule has 29 heavy (non-hydrogen) atoms. The van der Waals surface area contributed by atoms with Gasteiger partial charge < -0.3 is 14.8 Å². The zero-order valence-corrected chi connectivity index (χ0v) is 19.0. The third kappa shape index (κ3) is 5.91. The topological polar surface area (TPSA) is 30.5 Å². The Balaban J connectivity index is 1.73. The minimum atomic E-state index is 0.375. The lowest BCUT2D eigenvalue weighted by atomic mass is 10.1. The van der Waals surface area contributed by atoms with Crippen LogP contribution < -0.4 is 14.8 Å². The monoisotopic (exact) mass is 473 g/mol. The smallest absolute Gasteiger partial charge is 0.175 e. The summed E-state index contributed by atoms with van der Waals surface area (Å²) in [6, 6.07) is 20.3. The first-order valence-corrected chi connectivity index (χ1v) is 10.9. The second kappa shape index (κ2) is 10.6. The lowest BCUT2D eigenvalue weighted by Gasteiger charge is -2.16. The van der Waals surface area contributed by atoms with Gasteiger partial charge in [-0.15, -0.1) is 0 Å². The molecule has 3 aromatic rings. The minimum Gasteiger partial charge on any atom is -0.490 e. The summed E-state index contributed by atoms with van der Waals surface area (Å²) < 4.78 is 12.8. The van der Waals surface area contributed by atoms with Crippen molar-refractivity contribution in [1.29, 1.82) is 0 Å². The van der Waals surface area contributed by atoms with Gasteiger partial charge in [0, 0.05) is 22.8 Å². The van der Waals surface area contributed by atoms with Gasteiger partial charge in [-0.1, -0.05) is 48.9 Å². The van der Waals surface area contributed by atoms with Gasteiger partial charge in [-0.25, -0.2) is 0 Å². The standard InChI is InChI=1S/C24H25BrClNO2/c1-3-17-9-11-20(12-10-17)27-15-18-13-21(25)24(23(14-18)28-4-2)29-16-19-7-5-6-8-22(19)26/h5-14,27H,3-4,15-16H2,1-2H3. The quantitative estimate of drug-likeness (QED) is 0.354. The van der Waals surface area contributed by atoms with E-state index < -0.39 is 0 Å². The molecule has 0 aliphatic heterocycles. The third-order valence-corrected chi connectivity index (χ3v) is 5.52. The highest BCUT2D eigenvalue weighted by atomic mass is 79.9. The molecule has 0 bridgehead atoms. The van der Waals surface area contributed by atoms with Gasteiger partial charge in [0.05, 0.1) is 11.1 Å². The summed E-state index contributed by atoms with van der Waals surface area (Å²) in [6.07, 6.45) is 1.04. The molecule has 3 nitrogen and oxygen atoms in total. The van der Waals surface area contributed by atoms with Crippen molar-refractivity contribution < 1.29 is 9.47 Å². The molecular formula is C24H25BrClNO2. The number of hydrogen-bond donors (Lipinski definition) is 1. The zero-order valence-electron chi connectivity index (χ0n) is 16.7. The molecule has 0 saturated carbocycles. The highest BCUT2D eigenvalue weighted by Crippen LogP contribution is 2.38. The maximum absolute atomic E-state index is 6.24. The van der Waals surface area contributed by atoms with Crippen LogP contribution in [0.15, 0.2) is 65.1 Å². The molecule has 0 atom stereocenters. The maximum Gasteiger partial charge on any atom is 0.175 e. The molecule has 0 unspecified atom stereocenters. The van der Waals surface area contributed by atoms with Crippen molar-refractivity contribution in [3.8, 4) is 11.5 Å². The molecule has 0 aliphatic rings. The van der Waals surface area contributed by atoms with Crippen molar-refractivity contribution in [2.75, 3.05) is 11.9 Å². The van der Waals surface area contributed by atoms with E-state index in [1.807, 2.05) is 37.3 Å². The summed E-state index contributed by atoms with van der Waals surface area (Å²) in [6.45, 7) is 5.75. The first-order chi connectivity index (χ1) is 14.1. The second-order valence-electron chi connectivity index (χ2n) is 6.62. The number of halogens is 2. The Morgan fingerprint density at radius 1 is 0.931 bits per heavy atom. The first-order valence-electron chi connectivity index (χ1n) is 9.75. The number of anilines is 1. The fourth-order valence-corrected chi connectivity index (χ4v) is 3.75. The van der Waals surface area contributed by atoms with E-state index in [0.29, 0.717) is 36.3 Å². The summed E-state index contributed by atoms with van der Waals surface area (Å²) >= 11 is 9.88. The predicted molar refractivity (Wildman–Crippen MR) is 124 cm³/mol. The van der Waals surface area contributed by atoms with Crippen LogP contribution in [0, 0.1) is 0 Å². The van der Waals surface area contributed by atoms with E-state index in [-0.39, 0.29) is 0 Å². The molecule has 0 aromatic heterocycles. The van der Waals surface area contributed by atoms with Crippen LogP contribution in [0.25, 0.3) is 0 Å². The van der Waals surface area contributed by atoms with E-state index in [4.69, 9.17) is 21.1 Å². The number of rotatable bonds is 9. The van der Waals surface area contributed by atoms with Gasteiger partial charge in [-0.3, -0.25) is 0 Å². The van der Waals surface area contributed by atoms with Crippen molar-refractivity contribution in [1.82, 2.24) is 0 Å². The molecule has 152 valence electrons. The molecule has 1 N–H and O–H groups in total. The molecular weight excluding hydrogens is 450 g/mol. The van der Waals surface area contributed by atoms with Crippen LogP contribution in [-0.4, -0.2) is 6.61 Å². The van der Waals surface area contributed by atoms with E-state index in [1.54, 1.807) is 0 Å². The van der Waals surface area contributed by atoms with Crippen molar-refractivity contribution in [2.24, 2.45) is 0 Å². The van der Waals surface area contributed by atoms with Crippen LogP contribution >= 0.6 is 27.5 Å². The SMILES string of the molecule is CCOc1cc(CNc2ccc(CC)cc2)cc(Br)c1OCc1ccccc1Cl. The molecule has 0 radical (unpaired) electrons. The molecule has 0 saturated heterocycles. The van der Waals surface area contributed by atoms with E-state index in [0.717, 1.165) is 27.7 Å². The van der Waals surface area contributed by atoms with E-state index in [9.17, 15) is 0 Å². The van der Waals surface area contributed by atoms with Gasteiger partial charge in [-0.05, 0) is 70.7 Å². The summed E-state index contributed by atoms with van der Waals surface area (Å²) in [5.74, 6) is 1.40. The number of ether oxygens (including phenoxy) is 2. The third-order valence-electron chi connectivity index (χ3n) is 4.56. The van der Waals surface area contributed by atoms with Crippen LogP contribution in [0.4, 0.5) is 5.69 Å². The molecule has 3 aromatic carbocycles. The van der Waals surface area contributed by atoms with Crippen LogP contribution in [0.1, 0.15) is 30.5 Å². The highest BCUT2D eigenvalue weighted by molar-refractivity contribution is 9.10. The molecule has 0 amide bonds. The summed E-state index contributed by atoms with van der Waals surface area (Å²) in [4.78, 5) is 0. The van der Waals surface area contributed by atoms with Crippen LogP contribution in [-0.2, 0) is 19.6 Å². The molecule has 0 fully saturated rings.